The van der Waals surface area contributed by atoms with Crippen LogP contribution in [0.3, 0.4) is 0 Å². The fraction of sp³-hybridized carbons (Fsp3) is 0.267. The van der Waals surface area contributed by atoms with Crippen LogP contribution in [0, 0.1) is 0 Å². The molecule has 0 bridgehead atoms. The summed E-state index contributed by atoms with van der Waals surface area (Å²) in [4.78, 5) is 13.5. The lowest BCUT2D eigenvalue weighted by molar-refractivity contribution is -0.128. The monoisotopic (exact) mass is 241 g/mol. The Labute approximate surface area is 106 Å². The second-order valence-electron chi connectivity index (χ2n) is 4.70. The Morgan fingerprint density at radius 3 is 2.78 bits per heavy atom. The van der Waals surface area contributed by atoms with E-state index in [4.69, 9.17) is 0 Å². The molecule has 3 heteroatoms. The highest BCUT2D eigenvalue weighted by atomic mass is 16.3. The summed E-state index contributed by atoms with van der Waals surface area (Å²) in [5.74, 6) is 0.454. The van der Waals surface area contributed by atoms with Crippen molar-refractivity contribution in [3.8, 4) is 5.75 Å². The topological polar surface area (TPSA) is 40.5 Å². The van der Waals surface area contributed by atoms with Gasteiger partial charge in [-0.15, -0.1) is 0 Å². The van der Waals surface area contributed by atoms with Gasteiger partial charge in [0.25, 0.3) is 0 Å². The van der Waals surface area contributed by atoms with Crippen molar-refractivity contribution >= 4 is 16.7 Å². The highest BCUT2D eigenvalue weighted by molar-refractivity contribution is 5.88. The molecule has 1 N–H and O–H groups in total. The number of phenols is 1. The number of phenolic OH excluding ortho intramolecular Hbond substituents is 1. The average molecular weight is 241 g/mol. The van der Waals surface area contributed by atoms with Crippen molar-refractivity contribution in [2.75, 3.05) is 6.54 Å². The Bertz CT molecular complexity index is 606. The summed E-state index contributed by atoms with van der Waals surface area (Å²) in [5.41, 5.74) is 0.850. The summed E-state index contributed by atoms with van der Waals surface area (Å²) in [6.07, 6.45) is 1.55. The first-order valence-electron chi connectivity index (χ1n) is 6.23. The molecule has 0 radical (unpaired) electrons. The zero-order chi connectivity index (χ0) is 12.5. The maximum absolute atomic E-state index is 11.7. The molecule has 92 valence electrons. The van der Waals surface area contributed by atoms with E-state index in [1.165, 1.54) is 0 Å². The zero-order valence-electron chi connectivity index (χ0n) is 10.1. The van der Waals surface area contributed by atoms with Crippen molar-refractivity contribution in [2.24, 2.45) is 0 Å². The zero-order valence-corrected chi connectivity index (χ0v) is 10.1. The molecule has 0 unspecified atom stereocenters. The lowest BCUT2D eigenvalue weighted by Gasteiger charge is -2.18. The Balaban J connectivity index is 2.04. The molecule has 18 heavy (non-hydrogen) atoms. The molecule has 1 aliphatic rings. The fourth-order valence-electron chi connectivity index (χ4n) is 2.55. The predicted molar refractivity (Wildman–Crippen MR) is 70.3 cm³/mol. The van der Waals surface area contributed by atoms with Gasteiger partial charge in [-0.05, 0) is 23.3 Å². The van der Waals surface area contributed by atoms with E-state index in [9.17, 15) is 9.90 Å². The molecular formula is C15H15NO2. The first-order valence-corrected chi connectivity index (χ1v) is 6.23. The summed E-state index contributed by atoms with van der Waals surface area (Å²) in [7, 11) is 0. The number of likely N-dealkylation sites (tertiary alicyclic amines) is 1. The third-order valence-electron chi connectivity index (χ3n) is 3.54. The van der Waals surface area contributed by atoms with Crippen LogP contribution in [0.25, 0.3) is 10.8 Å². The molecule has 3 rings (SSSR count). The van der Waals surface area contributed by atoms with Gasteiger partial charge in [-0.3, -0.25) is 4.79 Å². The molecular weight excluding hydrogens is 226 g/mol. The van der Waals surface area contributed by atoms with E-state index in [1.54, 1.807) is 6.07 Å². The van der Waals surface area contributed by atoms with Crippen LogP contribution in [0.2, 0.25) is 0 Å². The molecule has 2 aromatic carbocycles. The summed E-state index contributed by atoms with van der Waals surface area (Å²) < 4.78 is 0. The minimum atomic E-state index is 0.183. The lowest BCUT2D eigenvalue weighted by Crippen LogP contribution is -2.23. The molecule has 0 aliphatic carbocycles. The largest absolute Gasteiger partial charge is 0.508 e. The minimum Gasteiger partial charge on any atom is -0.508 e. The van der Waals surface area contributed by atoms with Gasteiger partial charge >= 0.3 is 0 Å². The van der Waals surface area contributed by atoms with Gasteiger partial charge in [0.2, 0.25) is 5.91 Å². The van der Waals surface area contributed by atoms with Crippen LogP contribution in [-0.2, 0) is 11.3 Å². The van der Waals surface area contributed by atoms with Gasteiger partial charge in [-0.2, -0.15) is 0 Å². The van der Waals surface area contributed by atoms with Crippen LogP contribution in [-0.4, -0.2) is 22.5 Å². The number of aromatic hydroxyl groups is 1. The molecule has 1 heterocycles. The van der Waals surface area contributed by atoms with Crippen LogP contribution < -0.4 is 0 Å². The highest BCUT2D eigenvalue weighted by Crippen LogP contribution is 2.29. The SMILES string of the molecule is O=C1CCCN1Cc1c(O)ccc2ccccc12. The third-order valence-corrected chi connectivity index (χ3v) is 3.54. The van der Waals surface area contributed by atoms with E-state index < -0.39 is 0 Å². The Morgan fingerprint density at radius 2 is 2.00 bits per heavy atom. The summed E-state index contributed by atoms with van der Waals surface area (Å²) in [6, 6.07) is 11.6. The van der Waals surface area contributed by atoms with E-state index in [2.05, 4.69) is 0 Å². The van der Waals surface area contributed by atoms with Crippen molar-refractivity contribution in [2.45, 2.75) is 19.4 Å². The standard InChI is InChI=1S/C15H15NO2/c17-14-8-7-11-4-1-2-5-12(11)13(14)10-16-9-3-6-15(16)18/h1-2,4-5,7-8,17H,3,6,9-10H2. The second-order valence-corrected chi connectivity index (χ2v) is 4.70. The smallest absolute Gasteiger partial charge is 0.222 e. The van der Waals surface area contributed by atoms with Gasteiger partial charge in [0.05, 0.1) is 0 Å². The molecule has 0 spiro atoms. The first kappa shape index (κ1) is 11.1. The van der Waals surface area contributed by atoms with E-state index in [0.717, 1.165) is 29.3 Å². The number of rotatable bonds is 2. The van der Waals surface area contributed by atoms with E-state index in [-0.39, 0.29) is 11.7 Å². The third kappa shape index (κ3) is 1.82. The summed E-state index contributed by atoms with van der Waals surface area (Å²) >= 11 is 0. The minimum absolute atomic E-state index is 0.183. The maximum Gasteiger partial charge on any atom is 0.222 e. The van der Waals surface area contributed by atoms with Crippen LogP contribution >= 0.6 is 0 Å². The number of hydrogen-bond donors (Lipinski definition) is 1. The van der Waals surface area contributed by atoms with Crippen molar-refractivity contribution < 1.29 is 9.90 Å². The number of carbonyl (C=O) groups excluding carboxylic acids is 1. The second kappa shape index (κ2) is 4.33. The predicted octanol–water partition coefficient (Wildman–Crippen LogP) is 2.67. The molecule has 1 fully saturated rings. The number of fused-ring (bicyclic) bond motifs is 1. The number of benzene rings is 2. The first-order chi connectivity index (χ1) is 8.75. The normalized spacial score (nSPS) is 15.6. The van der Waals surface area contributed by atoms with E-state index in [1.807, 2.05) is 35.2 Å². The fourth-order valence-corrected chi connectivity index (χ4v) is 2.55. The van der Waals surface area contributed by atoms with Crippen molar-refractivity contribution in [3.63, 3.8) is 0 Å². The van der Waals surface area contributed by atoms with Crippen LogP contribution in [0.1, 0.15) is 18.4 Å². The van der Waals surface area contributed by atoms with Gasteiger partial charge in [0, 0.05) is 25.1 Å². The molecule has 0 aromatic heterocycles. The summed E-state index contributed by atoms with van der Waals surface area (Å²) in [5, 5.41) is 12.1. The molecule has 1 saturated heterocycles. The molecule has 0 saturated carbocycles. The number of amides is 1. The van der Waals surface area contributed by atoms with Crippen molar-refractivity contribution in [1.29, 1.82) is 0 Å². The van der Waals surface area contributed by atoms with Gasteiger partial charge in [0.1, 0.15) is 5.75 Å². The summed E-state index contributed by atoms with van der Waals surface area (Å²) in [6.45, 7) is 1.30. The van der Waals surface area contributed by atoms with Gasteiger partial charge in [-0.1, -0.05) is 30.3 Å². The molecule has 1 amide bonds. The van der Waals surface area contributed by atoms with Gasteiger partial charge in [0.15, 0.2) is 0 Å². The maximum atomic E-state index is 11.7. The van der Waals surface area contributed by atoms with Crippen LogP contribution in [0.15, 0.2) is 36.4 Å². The number of carbonyl (C=O) groups is 1. The molecule has 2 aromatic rings. The van der Waals surface area contributed by atoms with E-state index >= 15 is 0 Å². The molecule has 1 aliphatic heterocycles. The van der Waals surface area contributed by atoms with Gasteiger partial charge in [-0.25, -0.2) is 0 Å². The van der Waals surface area contributed by atoms with Crippen LogP contribution in [0.5, 0.6) is 5.75 Å². The lowest BCUT2D eigenvalue weighted by atomic mass is 10.0. The highest BCUT2D eigenvalue weighted by Gasteiger charge is 2.21. The molecule has 0 atom stereocenters. The average Bonchev–Trinajstić information content (AvgIpc) is 2.79. The molecule has 3 nitrogen and oxygen atoms in total. The number of nitrogens with zero attached hydrogens (tertiary/aromatic N) is 1. The van der Waals surface area contributed by atoms with Crippen LogP contribution in [0.4, 0.5) is 0 Å². The van der Waals surface area contributed by atoms with Crippen molar-refractivity contribution in [1.82, 2.24) is 4.90 Å². The Hall–Kier alpha value is -2.03. The van der Waals surface area contributed by atoms with Crippen molar-refractivity contribution in [3.05, 3.63) is 42.0 Å². The number of hydrogen-bond acceptors (Lipinski definition) is 2. The Kier molecular flexibility index (Phi) is 2.67. The Morgan fingerprint density at radius 1 is 1.17 bits per heavy atom. The van der Waals surface area contributed by atoms with E-state index in [0.29, 0.717) is 13.0 Å². The van der Waals surface area contributed by atoms with Gasteiger partial charge < -0.3 is 10.0 Å². The quantitative estimate of drug-likeness (QED) is 0.878.